The van der Waals surface area contributed by atoms with Crippen molar-refractivity contribution in [3.63, 3.8) is 0 Å². The largest absolute Gasteiger partial charge is 0.339 e. The normalized spacial score (nSPS) is 24.6. The minimum atomic E-state index is 0.0779. The third kappa shape index (κ3) is 2.42. The van der Waals surface area contributed by atoms with E-state index < -0.39 is 0 Å². The maximum Gasteiger partial charge on any atom is 0.320 e. The lowest BCUT2D eigenvalue weighted by molar-refractivity contribution is -0.134. The molecule has 1 saturated carbocycles. The fourth-order valence-electron chi connectivity index (χ4n) is 3.39. The smallest absolute Gasteiger partial charge is 0.320 e. The first-order chi connectivity index (χ1) is 10.7. The van der Waals surface area contributed by atoms with Gasteiger partial charge in [-0.3, -0.25) is 9.78 Å². The van der Waals surface area contributed by atoms with Crippen molar-refractivity contribution < 1.29 is 9.59 Å². The van der Waals surface area contributed by atoms with Crippen LogP contribution in [-0.4, -0.2) is 63.8 Å². The van der Waals surface area contributed by atoms with E-state index in [9.17, 15) is 9.59 Å². The van der Waals surface area contributed by atoms with Crippen LogP contribution in [0.5, 0.6) is 0 Å². The Morgan fingerprint density at radius 3 is 2.82 bits per heavy atom. The molecule has 3 amide bonds. The number of aromatic nitrogens is 1. The Kier molecular flexibility index (Phi) is 3.24. The van der Waals surface area contributed by atoms with Gasteiger partial charge in [0.2, 0.25) is 5.91 Å². The number of nitrogens with zero attached hydrogens (tertiary/aromatic N) is 4. The lowest BCUT2D eigenvalue weighted by Crippen LogP contribution is -2.54. The quantitative estimate of drug-likeness (QED) is 0.835. The Labute approximate surface area is 129 Å². The summed E-state index contributed by atoms with van der Waals surface area (Å²) < 4.78 is 0. The Balaban J connectivity index is 1.42. The van der Waals surface area contributed by atoms with Gasteiger partial charge < -0.3 is 14.7 Å². The molecule has 2 aliphatic heterocycles. The minimum Gasteiger partial charge on any atom is -0.339 e. The molecule has 22 heavy (non-hydrogen) atoms. The summed E-state index contributed by atoms with van der Waals surface area (Å²) in [6, 6.07) is 5.96. The van der Waals surface area contributed by atoms with Crippen LogP contribution >= 0.6 is 0 Å². The van der Waals surface area contributed by atoms with Gasteiger partial charge in [-0.05, 0) is 25.0 Å². The van der Waals surface area contributed by atoms with E-state index in [2.05, 4.69) is 4.98 Å². The zero-order valence-electron chi connectivity index (χ0n) is 12.5. The van der Waals surface area contributed by atoms with Crippen molar-refractivity contribution in [3.8, 4) is 0 Å². The van der Waals surface area contributed by atoms with Crippen molar-refractivity contribution in [2.75, 3.05) is 26.2 Å². The van der Waals surface area contributed by atoms with Crippen molar-refractivity contribution in [3.05, 3.63) is 30.1 Å². The molecule has 1 aliphatic carbocycles. The van der Waals surface area contributed by atoms with Crippen LogP contribution in [0.1, 0.15) is 18.5 Å². The summed E-state index contributed by atoms with van der Waals surface area (Å²) in [4.78, 5) is 34.7. The van der Waals surface area contributed by atoms with Gasteiger partial charge in [-0.1, -0.05) is 6.07 Å². The van der Waals surface area contributed by atoms with Gasteiger partial charge in [-0.25, -0.2) is 4.79 Å². The molecule has 1 atom stereocenters. The molecule has 3 heterocycles. The Morgan fingerprint density at radius 2 is 2.09 bits per heavy atom. The average molecular weight is 300 g/mol. The fraction of sp³-hybridized carbons (Fsp3) is 0.562. The number of hydrogen-bond donors (Lipinski definition) is 0. The monoisotopic (exact) mass is 300 g/mol. The molecule has 116 valence electrons. The SMILES string of the molecule is O=C(C1CC1)N1CCN2C(=O)N(Cc3ccccn3)C[C@H]2C1. The molecule has 0 N–H and O–H groups in total. The van der Waals surface area contributed by atoms with Crippen LogP contribution in [0.3, 0.4) is 0 Å². The van der Waals surface area contributed by atoms with Crippen LogP contribution in [0.4, 0.5) is 4.79 Å². The van der Waals surface area contributed by atoms with E-state index in [0.29, 0.717) is 32.7 Å². The van der Waals surface area contributed by atoms with E-state index in [0.717, 1.165) is 18.5 Å². The Morgan fingerprint density at radius 1 is 1.23 bits per heavy atom. The predicted octanol–water partition coefficient (Wildman–Crippen LogP) is 0.940. The zero-order valence-corrected chi connectivity index (χ0v) is 12.5. The number of hydrogen-bond acceptors (Lipinski definition) is 3. The average Bonchev–Trinajstić information content (AvgIpc) is 3.34. The summed E-state index contributed by atoms with van der Waals surface area (Å²) in [7, 11) is 0. The Hall–Kier alpha value is -2.11. The second kappa shape index (κ2) is 5.26. The second-order valence-electron chi connectivity index (χ2n) is 6.39. The van der Waals surface area contributed by atoms with E-state index >= 15 is 0 Å². The lowest BCUT2D eigenvalue weighted by Gasteiger charge is -2.36. The van der Waals surface area contributed by atoms with Crippen LogP contribution in [-0.2, 0) is 11.3 Å². The predicted molar refractivity (Wildman–Crippen MR) is 79.8 cm³/mol. The van der Waals surface area contributed by atoms with Gasteiger partial charge in [0.05, 0.1) is 18.3 Å². The van der Waals surface area contributed by atoms with Gasteiger partial charge >= 0.3 is 6.03 Å². The van der Waals surface area contributed by atoms with E-state index in [-0.39, 0.29) is 23.9 Å². The van der Waals surface area contributed by atoms with Gasteiger partial charge in [0, 0.05) is 38.3 Å². The summed E-state index contributed by atoms with van der Waals surface area (Å²) in [5, 5.41) is 0. The number of pyridine rings is 1. The van der Waals surface area contributed by atoms with Crippen LogP contribution in [0.25, 0.3) is 0 Å². The first-order valence-electron chi connectivity index (χ1n) is 7.96. The number of amides is 3. The topological polar surface area (TPSA) is 56.8 Å². The molecule has 0 radical (unpaired) electrons. The molecule has 1 aromatic rings. The molecule has 0 spiro atoms. The maximum atomic E-state index is 12.5. The lowest BCUT2D eigenvalue weighted by atomic mass is 10.2. The third-order valence-corrected chi connectivity index (χ3v) is 4.75. The van der Waals surface area contributed by atoms with E-state index in [1.54, 1.807) is 6.20 Å². The number of urea groups is 1. The summed E-state index contributed by atoms with van der Waals surface area (Å²) >= 11 is 0. The van der Waals surface area contributed by atoms with Crippen molar-refractivity contribution in [2.45, 2.75) is 25.4 Å². The van der Waals surface area contributed by atoms with E-state index in [1.807, 2.05) is 32.9 Å². The highest BCUT2D eigenvalue weighted by molar-refractivity contribution is 5.82. The number of carbonyl (C=O) groups is 2. The molecule has 4 rings (SSSR count). The molecular weight excluding hydrogens is 280 g/mol. The summed E-state index contributed by atoms with van der Waals surface area (Å²) in [5.74, 6) is 0.545. The van der Waals surface area contributed by atoms with Crippen LogP contribution in [0.2, 0.25) is 0 Å². The zero-order chi connectivity index (χ0) is 15.1. The second-order valence-corrected chi connectivity index (χ2v) is 6.39. The van der Waals surface area contributed by atoms with Gasteiger partial charge in [0.25, 0.3) is 0 Å². The van der Waals surface area contributed by atoms with Crippen molar-refractivity contribution in [1.82, 2.24) is 19.7 Å². The molecule has 0 aromatic carbocycles. The van der Waals surface area contributed by atoms with E-state index in [4.69, 9.17) is 0 Å². The minimum absolute atomic E-state index is 0.0779. The maximum absolute atomic E-state index is 12.5. The number of carbonyl (C=O) groups excluding carboxylic acids is 2. The summed E-state index contributed by atoms with van der Waals surface area (Å²) in [6.07, 6.45) is 3.82. The number of rotatable bonds is 3. The van der Waals surface area contributed by atoms with Crippen molar-refractivity contribution in [1.29, 1.82) is 0 Å². The third-order valence-electron chi connectivity index (χ3n) is 4.75. The van der Waals surface area contributed by atoms with Crippen molar-refractivity contribution >= 4 is 11.9 Å². The number of piperazine rings is 1. The van der Waals surface area contributed by atoms with Gasteiger partial charge in [0.15, 0.2) is 0 Å². The molecule has 6 heteroatoms. The first-order valence-corrected chi connectivity index (χ1v) is 7.96. The molecule has 6 nitrogen and oxygen atoms in total. The summed E-state index contributed by atoms with van der Waals surface area (Å²) in [6.45, 7) is 3.24. The molecule has 3 fully saturated rings. The van der Waals surface area contributed by atoms with Gasteiger partial charge in [-0.2, -0.15) is 0 Å². The molecule has 1 aromatic heterocycles. The Bertz CT molecular complexity index is 587. The number of fused-ring (bicyclic) bond motifs is 1. The standard InChI is InChI=1S/C16H20N4O2/c21-15(12-4-5-12)18-7-8-20-14(10-18)11-19(16(20)22)9-13-3-1-2-6-17-13/h1-3,6,12,14H,4-5,7-11H2/t14-/m1/s1. The van der Waals surface area contributed by atoms with Crippen LogP contribution in [0, 0.1) is 5.92 Å². The fourth-order valence-corrected chi connectivity index (χ4v) is 3.39. The molecular formula is C16H20N4O2. The van der Waals surface area contributed by atoms with E-state index in [1.165, 1.54) is 0 Å². The first kappa shape index (κ1) is 13.5. The molecule has 2 saturated heterocycles. The van der Waals surface area contributed by atoms with Gasteiger partial charge in [-0.15, -0.1) is 0 Å². The molecule has 3 aliphatic rings. The highest BCUT2D eigenvalue weighted by Gasteiger charge is 2.43. The van der Waals surface area contributed by atoms with Crippen LogP contribution < -0.4 is 0 Å². The summed E-state index contributed by atoms with van der Waals surface area (Å²) in [5.41, 5.74) is 0.904. The highest BCUT2D eigenvalue weighted by atomic mass is 16.2. The van der Waals surface area contributed by atoms with Crippen molar-refractivity contribution in [2.24, 2.45) is 5.92 Å². The molecule has 0 bridgehead atoms. The van der Waals surface area contributed by atoms with Crippen LogP contribution in [0.15, 0.2) is 24.4 Å². The van der Waals surface area contributed by atoms with Gasteiger partial charge in [0.1, 0.15) is 0 Å². The highest BCUT2D eigenvalue weighted by Crippen LogP contribution is 2.32. The molecule has 0 unspecified atom stereocenters.